The molecule has 0 amide bonds. The van der Waals surface area contributed by atoms with Gasteiger partial charge in [0.25, 0.3) is 5.56 Å². The van der Waals surface area contributed by atoms with Gasteiger partial charge in [-0.3, -0.25) is 14.3 Å². The van der Waals surface area contributed by atoms with Crippen LogP contribution in [-0.2, 0) is 14.2 Å². The molecule has 9 nitrogen and oxygen atoms in total. The summed E-state index contributed by atoms with van der Waals surface area (Å²) in [4.78, 5) is 51.2. The Kier molecular flexibility index (Phi) is 6.50. The van der Waals surface area contributed by atoms with Crippen LogP contribution < -0.4 is 11.2 Å². The molecule has 1 aromatic heterocycles. The van der Waals surface area contributed by atoms with Crippen molar-refractivity contribution in [2.24, 2.45) is 0 Å². The standard InChI is InChI=1S/C24H22N2O7/c1-15-13-26(24(30)25-21(15)27)20-12-18(33-23(29)17-10-6-3-7-11-17)19(32-20)14-31-22(28)16-8-4-2-5-9-16/h2-11,13,18-20H,12,14H2,1H3,(H,25,27,30)/t18-,19-,20+/m1/s1. The van der Waals surface area contributed by atoms with E-state index in [1.807, 2.05) is 0 Å². The van der Waals surface area contributed by atoms with Crippen molar-refractivity contribution in [3.63, 3.8) is 0 Å². The second-order valence-electron chi connectivity index (χ2n) is 7.62. The Labute approximate surface area is 188 Å². The van der Waals surface area contributed by atoms with Crippen molar-refractivity contribution < 1.29 is 23.8 Å². The van der Waals surface area contributed by atoms with Crippen LogP contribution in [0.4, 0.5) is 0 Å². The lowest BCUT2D eigenvalue weighted by Gasteiger charge is -2.19. The molecular weight excluding hydrogens is 428 g/mol. The molecule has 4 rings (SSSR count). The van der Waals surface area contributed by atoms with E-state index in [2.05, 4.69) is 4.98 Å². The number of hydrogen-bond acceptors (Lipinski definition) is 7. The van der Waals surface area contributed by atoms with Crippen LogP contribution in [0.3, 0.4) is 0 Å². The number of benzene rings is 2. The largest absolute Gasteiger partial charge is 0.459 e. The van der Waals surface area contributed by atoms with Crippen LogP contribution in [0.5, 0.6) is 0 Å². The van der Waals surface area contributed by atoms with Gasteiger partial charge in [0.1, 0.15) is 25.0 Å². The Morgan fingerprint density at radius 1 is 1.00 bits per heavy atom. The Morgan fingerprint density at radius 2 is 1.61 bits per heavy atom. The molecule has 0 spiro atoms. The van der Waals surface area contributed by atoms with E-state index in [0.717, 1.165) is 0 Å². The van der Waals surface area contributed by atoms with Crippen LogP contribution in [0.15, 0.2) is 76.4 Å². The minimum Gasteiger partial charge on any atom is -0.459 e. The molecule has 0 aliphatic carbocycles. The molecule has 1 saturated heterocycles. The molecule has 2 heterocycles. The smallest absolute Gasteiger partial charge is 0.338 e. The number of rotatable bonds is 6. The maximum absolute atomic E-state index is 12.6. The molecule has 0 bridgehead atoms. The minimum atomic E-state index is -0.818. The first-order chi connectivity index (χ1) is 15.9. The fourth-order valence-corrected chi connectivity index (χ4v) is 3.54. The molecule has 9 heteroatoms. The van der Waals surface area contributed by atoms with Gasteiger partial charge in [0.05, 0.1) is 11.1 Å². The summed E-state index contributed by atoms with van der Waals surface area (Å²) in [6.07, 6.45) is -0.889. The third kappa shape index (κ3) is 5.09. The molecule has 0 unspecified atom stereocenters. The lowest BCUT2D eigenvalue weighted by molar-refractivity contribution is -0.0582. The SMILES string of the molecule is Cc1cn([C@@H]2C[C@@H](OC(=O)c3ccccc3)[C@@H](COC(=O)c3ccccc3)O2)c(=O)[nH]c1=O. The van der Waals surface area contributed by atoms with Gasteiger partial charge in [-0.05, 0) is 31.2 Å². The van der Waals surface area contributed by atoms with Gasteiger partial charge in [0.2, 0.25) is 0 Å². The monoisotopic (exact) mass is 450 g/mol. The number of nitrogens with one attached hydrogen (secondary N) is 1. The molecule has 2 aromatic carbocycles. The summed E-state index contributed by atoms with van der Waals surface area (Å²) in [6, 6.07) is 16.9. The number of hydrogen-bond donors (Lipinski definition) is 1. The van der Waals surface area contributed by atoms with E-state index in [-0.39, 0.29) is 13.0 Å². The summed E-state index contributed by atoms with van der Waals surface area (Å²) < 4.78 is 18.2. The number of aromatic nitrogens is 2. The first-order valence-corrected chi connectivity index (χ1v) is 10.4. The number of esters is 2. The molecule has 1 aliphatic rings. The van der Waals surface area contributed by atoms with Crippen molar-refractivity contribution in [2.75, 3.05) is 6.61 Å². The molecule has 33 heavy (non-hydrogen) atoms. The number of H-pyrrole nitrogens is 1. The molecule has 3 atom stereocenters. The van der Waals surface area contributed by atoms with E-state index in [9.17, 15) is 19.2 Å². The van der Waals surface area contributed by atoms with E-state index in [0.29, 0.717) is 16.7 Å². The lowest BCUT2D eigenvalue weighted by atomic mass is 10.1. The molecule has 3 aromatic rings. The molecule has 1 aliphatic heterocycles. The first kappa shape index (κ1) is 22.2. The van der Waals surface area contributed by atoms with E-state index in [1.54, 1.807) is 67.6 Å². The third-order valence-electron chi connectivity index (χ3n) is 5.29. The number of aryl methyl sites for hydroxylation is 1. The first-order valence-electron chi connectivity index (χ1n) is 10.4. The quantitative estimate of drug-likeness (QED) is 0.572. The van der Waals surface area contributed by atoms with Crippen LogP contribution >= 0.6 is 0 Å². The predicted octanol–water partition coefficient (Wildman–Crippen LogP) is 2.22. The van der Waals surface area contributed by atoms with Gasteiger partial charge in [-0.2, -0.15) is 0 Å². The fraction of sp³-hybridized carbons (Fsp3) is 0.250. The number of ether oxygens (including phenoxy) is 3. The number of aromatic amines is 1. The summed E-state index contributed by atoms with van der Waals surface area (Å²) >= 11 is 0. The van der Waals surface area contributed by atoms with Crippen molar-refractivity contribution in [1.29, 1.82) is 0 Å². The summed E-state index contributed by atoms with van der Waals surface area (Å²) in [5.41, 5.74) is -0.0781. The Morgan fingerprint density at radius 3 is 2.24 bits per heavy atom. The fourth-order valence-electron chi connectivity index (χ4n) is 3.54. The molecule has 0 saturated carbocycles. The topological polar surface area (TPSA) is 117 Å². The summed E-state index contributed by atoms with van der Waals surface area (Å²) in [5, 5.41) is 0. The Bertz CT molecular complexity index is 1250. The summed E-state index contributed by atoms with van der Waals surface area (Å²) in [6.45, 7) is 1.38. The average molecular weight is 450 g/mol. The summed E-state index contributed by atoms with van der Waals surface area (Å²) in [5.74, 6) is -1.11. The zero-order chi connectivity index (χ0) is 23.4. The third-order valence-corrected chi connectivity index (χ3v) is 5.29. The number of carbonyl (C=O) groups is 2. The van der Waals surface area contributed by atoms with Crippen LogP contribution in [0.2, 0.25) is 0 Å². The van der Waals surface area contributed by atoms with E-state index >= 15 is 0 Å². The Balaban J connectivity index is 1.53. The van der Waals surface area contributed by atoms with Gasteiger partial charge in [-0.1, -0.05) is 36.4 Å². The normalized spacial score (nSPS) is 19.7. The highest BCUT2D eigenvalue weighted by Crippen LogP contribution is 2.31. The molecular formula is C24H22N2O7. The highest BCUT2D eigenvalue weighted by Gasteiger charge is 2.40. The van der Waals surface area contributed by atoms with Crippen molar-refractivity contribution in [1.82, 2.24) is 9.55 Å². The molecule has 0 radical (unpaired) electrons. The van der Waals surface area contributed by atoms with Crippen molar-refractivity contribution in [2.45, 2.75) is 31.8 Å². The van der Waals surface area contributed by atoms with Gasteiger partial charge < -0.3 is 14.2 Å². The molecule has 170 valence electrons. The van der Waals surface area contributed by atoms with E-state index in [1.165, 1.54) is 10.8 Å². The van der Waals surface area contributed by atoms with Crippen molar-refractivity contribution in [3.8, 4) is 0 Å². The van der Waals surface area contributed by atoms with Crippen LogP contribution in [0.25, 0.3) is 0 Å². The van der Waals surface area contributed by atoms with Gasteiger partial charge >= 0.3 is 17.6 Å². The number of nitrogens with zero attached hydrogens (tertiary/aromatic N) is 1. The summed E-state index contributed by atoms with van der Waals surface area (Å²) in [7, 11) is 0. The zero-order valence-electron chi connectivity index (χ0n) is 17.8. The highest BCUT2D eigenvalue weighted by molar-refractivity contribution is 5.90. The Hall–Kier alpha value is -3.98. The maximum Gasteiger partial charge on any atom is 0.338 e. The van der Waals surface area contributed by atoms with Crippen LogP contribution in [0.1, 0.15) is 38.9 Å². The predicted molar refractivity (Wildman–Crippen MR) is 117 cm³/mol. The van der Waals surface area contributed by atoms with Gasteiger partial charge in [-0.25, -0.2) is 14.4 Å². The second kappa shape index (κ2) is 9.66. The minimum absolute atomic E-state index is 0.136. The van der Waals surface area contributed by atoms with E-state index < -0.39 is 41.6 Å². The lowest BCUT2D eigenvalue weighted by Crippen LogP contribution is -2.33. The zero-order valence-corrected chi connectivity index (χ0v) is 17.8. The second-order valence-corrected chi connectivity index (χ2v) is 7.62. The van der Waals surface area contributed by atoms with Crippen molar-refractivity contribution in [3.05, 3.63) is 104 Å². The maximum atomic E-state index is 12.6. The van der Waals surface area contributed by atoms with Gasteiger partial charge in [0, 0.05) is 18.2 Å². The van der Waals surface area contributed by atoms with Gasteiger partial charge in [-0.15, -0.1) is 0 Å². The number of carbonyl (C=O) groups excluding carboxylic acids is 2. The van der Waals surface area contributed by atoms with E-state index in [4.69, 9.17) is 14.2 Å². The van der Waals surface area contributed by atoms with Gasteiger partial charge in [0.15, 0.2) is 0 Å². The van der Waals surface area contributed by atoms with Crippen LogP contribution in [-0.4, -0.2) is 40.3 Å². The molecule has 1 N–H and O–H groups in total. The highest BCUT2D eigenvalue weighted by atomic mass is 16.6. The van der Waals surface area contributed by atoms with Crippen LogP contribution in [0, 0.1) is 6.92 Å². The average Bonchev–Trinajstić information content (AvgIpc) is 3.23. The van der Waals surface area contributed by atoms with Crippen molar-refractivity contribution >= 4 is 11.9 Å². The molecule has 1 fully saturated rings.